The Balaban J connectivity index is 1.51. The third kappa shape index (κ3) is 4.27. The predicted molar refractivity (Wildman–Crippen MR) is 135 cm³/mol. The molecular formula is C28H25NO4S. The van der Waals surface area contributed by atoms with Gasteiger partial charge in [-0.25, -0.2) is 4.79 Å². The Morgan fingerprint density at radius 3 is 2.65 bits per heavy atom. The molecule has 34 heavy (non-hydrogen) atoms. The Bertz CT molecular complexity index is 1310. The van der Waals surface area contributed by atoms with Crippen LogP contribution in [0.4, 0.5) is 0 Å². The van der Waals surface area contributed by atoms with E-state index in [1.165, 1.54) is 39.7 Å². The summed E-state index contributed by atoms with van der Waals surface area (Å²) in [7, 11) is 0. The van der Waals surface area contributed by atoms with Crippen molar-refractivity contribution in [3.63, 3.8) is 0 Å². The van der Waals surface area contributed by atoms with Crippen molar-refractivity contribution < 1.29 is 19.8 Å². The summed E-state index contributed by atoms with van der Waals surface area (Å²) < 4.78 is 0. The van der Waals surface area contributed by atoms with Gasteiger partial charge in [-0.1, -0.05) is 72.5 Å². The zero-order valence-electron chi connectivity index (χ0n) is 18.6. The Morgan fingerprint density at radius 2 is 1.88 bits per heavy atom. The monoisotopic (exact) mass is 471 g/mol. The molecule has 2 heterocycles. The number of allylic oxidation sites excluding steroid dienone is 7. The molecule has 2 aromatic rings. The minimum atomic E-state index is -1.05. The van der Waals surface area contributed by atoms with Gasteiger partial charge in [0.15, 0.2) is 6.23 Å². The molecule has 2 N–H and O–H groups in total. The first-order valence-corrected chi connectivity index (χ1v) is 12.2. The number of carbonyl (C=O) groups excluding carboxylic acids is 1. The molecule has 0 radical (unpaired) electrons. The molecule has 2 aromatic carbocycles. The summed E-state index contributed by atoms with van der Waals surface area (Å²) in [6, 6.07) is 14.6. The molecule has 1 aliphatic carbocycles. The molecule has 1 atom stereocenters. The van der Waals surface area contributed by atoms with Gasteiger partial charge in [0.05, 0.1) is 5.03 Å². The van der Waals surface area contributed by atoms with Gasteiger partial charge in [0.25, 0.3) is 0 Å². The Labute approximate surface area is 202 Å². The van der Waals surface area contributed by atoms with E-state index in [4.69, 9.17) is 0 Å². The number of nitrogens with zero attached hydrogens (tertiary/aromatic N) is 1. The van der Waals surface area contributed by atoms with Crippen molar-refractivity contribution in [1.29, 1.82) is 0 Å². The highest BCUT2D eigenvalue weighted by Crippen LogP contribution is 2.54. The van der Waals surface area contributed by atoms with Crippen LogP contribution >= 0.6 is 11.8 Å². The third-order valence-electron chi connectivity index (χ3n) is 6.32. The van der Waals surface area contributed by atoms with Crippen LogP contribution in [0.25, 0.3) is 10.8 Å². The number of aliphatic carboxylic acids is 1. The molecule has 2 aliphatic heterocycles. The molecule has 1 saturated carbocycles. The van der Waals surface area contributed by atoms with E-state index in [9.17, 15) is 19.8 Å². The van der Waals surface area contributed by atoms with Crippen molar-refractivity contribution in [1.82, 2.24) is 4.90 Å². The maximum Gasteiger partial charge on any atom is 0.353 e. The molecule has 0 amide bonds. The topological polar surface area (TPSA) is 77.8 Å². The molecular weight excluding hydrogens is 446 g/mol. The lowest BCUT2D eigenvalue weighted by Crippen LogP contribution is -2.36. The van der Waals surface area contributed by atoms with Crippen LogP contribution in [0.1, 0.15) is 24.8 Å². The zero-order valence-corrected chi connectivity index (χ0v) is 19.4. The largest absolute Gasteiger partial charge is 0.477 e. The van der Waals surface area contributed by atoms with Gasteiger partial charge in [-0.2, -0.15) is 0 Å². The quantitative estimate of drug-likeness (QED) is 0.309. The van der Waals surface area contributed by atoms with Gasteiger partial charge in [-0.15, -0.1) is 0 Å². The molecule has 172 valence electrons. The van der Waals surface area contributed by atoms with Crippen LogP contribution in [0.2, 0.25) is 0 Å². The molecule has 5 nitrogen and oxygen atoms in total. The summed E-state index contributed by atoms with van der Waals surface area (Å²) in [6.45, 7) is 0. The van der Waals surface area contributed by atoms with Gasteiger partial charge in [0.2, 0.25) is 0 Å². The van der Waals surface area contributed by atoms with Crippen LogP contribution in [0.15, 0.2) is 99.6 Å². The van der Waals surface area contributed by atoms with E-state index in [1.807, 2.05) is 24.3 Å². The number of hydrogen-bond donors (Lipinski definition) is 2. The highest BCUT2D eigenvalue weighted by atomic mass is 32.2. The Morgan fingerprint density at radius 1 is 1.09 bits per heavy atom. The van der Waals surface area contributed by atoms with E-state index in [-0.39, 0.29) is 5.70 Å². The van der Waals surface area contributed by atoms with Crippen molar-refractivity contribution in [3.05, 3.63) is 105 Å². The highest BCUT2D eigenvalue weighted by molar-refractivity contribution is 8.07. The van der Waals surface area contributed by atoms with E-state index in [2.05, 4.69) is 30.3 Å². The number of aliphatic hydroxyl groups excluding tert-OH is 1. The number of rotatable bonds is 8. The van der Waals surface area contributed by atoms with Crippen molar-refractivity contribution in [2.45, 2.75) is 31.9 Å². The lowest BCUT2D eigenvalue weighted by Gasteiger charge is -2.33. The third-order valence-corrected chi connectivity index (χ3v) is 7.54. The average molecular weight is 472 g/mol. The fourth-order valence-electron chi connectivity index (χ4n) is 4.71. The number of hydrogen-bond acceptors (Lipinski definition) is 5. The van der Waals surface area contributed by atoms with Gasteiger partial charge >= 0.3 is 5.97 Å². The van der Waals surface area contributed by atoms with Crippen LogP contribution in [0.5, 0.6) is 0 Å². The molecule has 1 unspecified atom stereocenters. The van der Waals surface area contributed by atoms with Crippen molar-refractivity contribution in [3.8, 4) is 0 Å². The van der Waals surface area contributed by atoms with Gasteiger partial charge in [-0.05, 0) is 71.2 Å². The zero-order chi connectivity index (χ0) is 23.7. The fourth-order valence-corrected chi connectivity index (χ4v) is 6.11. The second kappa shape index (κ2) is 9.49. The molecule has 1 fully saturated rings. The van der Waals surface area contributed by atoms with Crippen LogP contribution in [0.3, 0.4) is 0 Å². The van der Waals surface area contributed by atoms with Crippen LogP contribution in [-0.2, 0) is 16.0 Å². The number of fused-ring (bicyclic) bond motifs is 2. The van der Waals surface area contributed by atoms with E-state index in [1.54, 1.807) is 17.1 Å². The van der Waals surface area contributed by atoms with Crippen molar-refractivity contribution in [2.75, 3.05) is 0 Å². The standard InChI is InChI=1S/C28H25NO4S/c30-15-6-2-1-3-12-23-26(28(32)33)29-24(31)17-21(25(19-13-14-19)27(29)34-23)16-20-10-7-9-18-8-4-5-11-22(18)20/h1-11,15,17,19,24,31H,12-14,16H2,(H,32,33)/b3-1+,6-2-. The maximum atomic E-state index is 12.2. The van der Waals surface area contributed by atoms with Gasteiger partial charge in [0, 0.05) is 4.91 Å². The van der Waals surface area contributed by atoms with Crippen LogP contribution in [-0.4, -0.2) is 33.6 Å². The van der Waals surface area contributed by atoms with E-state index >= 15 is 0 Å². The Hall–Kier alpha value is -3.35. The first-order valence-electron chi connectivity index (χ1n) is 11.4. The second-order valence-electron chi connectivity index (χ2n) is 8.62. The number of aldehydes is 1. The molecule has 3 aliphatic rings. The van der Waals surface area contributed by atoms with Gasteiger partial charge < -0.3 is 10.2 Å². The lowest BCUT2D eigenvalue weighted by molar-refractivity contribution is -0.135. The number of carboxylic acids is 1. The fraction of sp³-hybridized carbons (Fsp3) is 0.214. The molecule has 0 bridgehead atoms. The highest BCUT2D eigenvalue weighted by Gasteiger charge is 2.43. The Kier molecular flexibility index (Phi) is 6.26. The summed E-state index contributed by atoms with van der Waals surface area (Å²) in [6.07, 6.45) is 11.3. The minimum absolute atomic E-state index is 0.134. The SMILES string of the molecule is O=C/C=C\C=C\CC1=C(C(=O)O)N2C(=C(C3CC3)C(Cc3cccc4ccccc34)=CC2O)S1. The van der Waals surface area contributed by atoms with E-state index in [0.29, 0.717) is 30.0 Å². The smallest absolute Gasteiger partial charge is 0.353 e. The molecule has 0 aromatic heterocycles. The number of thioether (sulfide) groups is 1. The predicted octanol–water partition coefficient (Wildman–Crippen LogP) is 5.31. The molecule has 0 saturated heterocycles. The average Bonchev–Trinajstić information content (AvgIpc) is 3.58. The number of carbonyl (C=O) groups is 2. The lowest BCUT2D eigenvalue weighted by atomic mass is 9.90. The number of carboxylic acid groups (broad SMARTS) is 1. The first-order chi connectivity index (χ1) is 16.6. The van der Waals surface area contributed by atoms with Crippen molar-refractivity contribution >= 4 is 34.8 Å². The normalized spacial score (nSPS) is 20.6. The molecule has 0 spiro atoms. The summed E-state index contributed by atoms with van der Waals surface area (Å²) in [5.74, 6) is -0.659. The van der Waals surface area contributed by atoms with Crippen LogP contribution < -0.4 is 0 Å². The summed E-state index contributed by atoms with van der Waals surface area (Å²) >= 11 is 1.45. The van der Waals surface area contributed by atoms with Crippen molar-refractivity contribution in [2.24, 2.45) is 5.92 Å². The second-order valence-corrected chi connectivity index (χ2v) is 9.70. The first kappa shape index (κ1) is 22.4. The molecule has 6 heteroatoms. The van der Waals surface area contributed by atoms with Gasteiger partial charge in [-0.3, -0.25) is 9.69 Å². The summed E-state index contributed by atoms with van der Waals surface area (Å²) in [5.41, 5.74) is 3.58. The van der Waals surface area contributed by atoms with E-state index < -0.39 is 12.2 Å². The van der Waals surface area contributed by atoms with E-state index in [0.717, 1.165) is 23.4 Å². The maximum absolute atomic E-state index is 12.2. The summed E-state index contributed by atoms with van der Waals surface area (Å²) in [4.78, 5) is 24.9. The number of benzene rings is 2. The molecule has 5 rings (SSSR count). The summed E-state index contributed by atoms with van der Waals surface area (Å²) in [5, 5.41) is 24.3. The van der Waals surface area contributed by atoms with Crippen LogP contribution in [0, 0.1) is 5.92 Å². The minimum Gasteiger partial charge on any atom is -0.477 e. The number of aliphatic hydroxyl groups is 1. The van der Waals surface area contributed by atoms with Gasteiger partial charge in [0.1, 0.15) is 12.0 Å².